The van der Waals surface area contributed by atoms with Crippen LogP contribution in [0.25, 0.3) is 0 Å². The van der Waals surface area contributed by atoms with E-state index in [-0.39, 0.29) is 75.1 Å². The number of non-ortho nitro benzene ring substituents is 2. The second kappa shape index (κ2) is 23.2. The number of unbranched alkanes of at least 4 members (excludes halogenated alkanes) is 2. The molecule has 0 unspecified atom stereocenters. The fraction of sp³-hybridized carbons (Fsp3) is 0.368. The Morgan fingerprint density at radius 2 is 1.45 bits per heavy atom. The minimum atomic E-state index is -1.69. The molecule has 0 bridgehead atoms. The zero-order valence-electron chi connectivity index (χ0n) is 41.8. The minimum Gasteiger partial charge on any atom is -0.459 e. The third kappa shape index (κ3) is 11.3. The van der Waals surface area contributed by atoms with E-state index >= 15 is 4.79 Å². The summed E-state index contributed by atoms with van der Waals surface area (Å²) in [5, 5.41) is 48.2. The lowest BCUT2D eigenvalue weighted by molar-refractivity contribution is -0.385. The van der Waals surface area contributed by atoms with Crippen molar-refractivity contribution < 1.29 is 58.1 Å². The van der Waals surface area contributed by atoms with Crippen LogP contribution in [0.3, 0.4) is 0 Å². The first kappa shape index (κ1) is 52.1. The van der Waals surface area contributed by atoms with E-state index in [1.54, 1.807) is 30.3 Å². The second-order valence-corrected chi connectivity index (χ2v) is 19.3. The topological polar surface area (TPSA) is 224 Å². The molecule has 9 rings (SSSR count). The molecule has 18 nitrogen and oxygen atoms in total. The molecular formula is C57H60N4O14. The number of aliphatic hydroxyl groups excluding tert-OH is 2. The van der Waals surface area contributed by atoms with Crippen LogP contribution in [0.4, 0.5) is 16.2 Å². The standard InChI is InChI=1S/C57H60N4O14/c1-4-27-71-57-53(59(33-39-14-23-51-52(29-39)70-35-69-51)56(64)74-43-20-17-42(18-21-43)61(67)68)32-49(58-72-34-38-12-15-41(16-13-38)60(65)66)47-30-40(9-5-7-25-62)46(10-6-8-26-63)54(55(47)57)48-31-45(22-24-50(48)75-57)73-44-19-11-36(2)37(3)28-44/h4,11-24,28-31,40,46,53-55,62-63H,1,5-10,25-27,32-35H2,2-3H3/t40-,46+,53-,54+,55+,57+/m0/s1. The Bertz CT molecular complexity index is 2960. The first-order valence-corrected chi connectivity index (χ1v) is 25.2. The lowest BCUT2D eigenvalue weighted by Crippen LogP contribution is -2.70. The van der Waals surface area contributed by atoms with E-state index in [2.05, 4.69) is 12.7 Å². The van der Waals surface area contributed by atoms with Gasteiger partial charge in [0.25, 0.3) is 11.4 Å². The molecule has 0 saturated heterocycles. The van der Waals surface area contributed by atoms with Gasteiger partial charge in [-0.3, -0.25) is 25.1 Å². The number of fused-ring (bicyclic) bond motifs is 3. The summed E-state index contributed by atoms with van der Waals surface area (Å²) < 4.78 is 38.8. The maximum absolute atomic E-state index is 15.3. The zero-order valence-corrected chi connectivity index (χ0v) is 41.8. The first-order valence-electron chi connectivity index (χ1n) is 25.2. The fourth-order valence-electron chi connectivity index (χ4n) is 10.9. The minimum absolute atomic E-state index is 0.00574. The molecule has 6 atom stereocenters. The van der Waals surface area contributed by atoms with Gasteiger partial charge in [0.15, 0.2) is 11.5 Å². The van der Waals surface area contributed by atoms with Crippen molar-refractivity contribution in [2.45, 2.75) is 89.7 Å². The quantitative estimate of drug-likeness (QED) is 0.0285. The van der Waals surface area contributed by atoms with Crippen molar-refractivity contribution in [2.75, 3.05) is 26.6 Å². The van der Waals surface area contributed by atoms with Crippen LogP contribution >= 0.6 is 0 Å². The Kier molecular flexibility index (Phi) is 16.1. The van der Waals surface area contributed by atoms with Crippen LogP contribution in [0.1, 0.15) is 78.7 Å². The highest BCUT2D eigenvalue weighted by molar-refractivity contribution is 6.03. The van der Waals surface area contributed by atoms with E-state index in [4.69, 9.17) is 38.4 Å². The summed E-state index contributed by atoms with van der Waals surface area (Å²) in [6, 6.07) is 27.2. The molecule has 392 valence electrons. The number of aryl methyl sites for hydroxylation is 2. The average molecular weight is 1030 g/mol. The maximum atomic E-state index is 15.3. The molecule has 2 aliphatic heterocycles. The van der Waals surface area contributed by atoms with Crippen LogP contribution in [0.2, 0.25) is 0 Å². The van der Waals surface area contributed by atoms with Gasteiger partial charge in [0.1, 0.15) is 35.6 Å². The number of nitro benzene ring substituents is 2. The Morgan fingerprint density at radius 1 is 0.800 bits per heavy atom. The molecule has 2 heterocycles. The Hall–Kier alpha value is -7.80. The molecule has 5 aromatic carbocycles. The number of nitro groups is 2. The van der Waals surface area contributed by atoms with Crippen molar-refractivity contribution in [3.05, 3.63) is 175 Å². The van der Waals surface area contributed by atoms with Gasteiger partial charge in [-0.2, -0.15) is 0 Å². The van der Waals surface area contributed by atoms with Crippen LogP contribution in [0.5, 0.6) is 34.5 Å². The molecule has 2 N–H and O–H groups in total. The van der Waals surface area contributed by atoms with Gasteiger partial charge in [-0.05, 0) is 146 Å². The number of hydrogen-bond donors (Lipinski definition) is 2. The molecule has 0 radical (unpaired) electrons. The summed E-state index contributed by atoms with van der Waals surface area (Å²) in [5.74, 6) is -0.177. The highest BCUT2D eigenvalue weighted by Gasteiger charge is 2.66. The Labute approximate surface area is 434 Å². The molecule has 1 saturated carbocycles. The Morgan fingerprint density at radius 3 is 2.16 bits per heavy atom. The number of oxime groups is 1. The van der Waals surface area contributed by atoms with Crippen LogP contribution < -0.4 is 23.7 Å². The lowest BCUT2D eigenvalue weighted by atomic mass is 9.55. The molecule has 1 fully saturated rings. The van der Waals surface area contributed by atoms with Crippen molar-refractivity contribution in [3.63, 3.8) is 0 Å². The number of aliphatic hydroxyl groups is 2. The van der Waals surface area contributed by atoms with Gasteiger partial charge in [0, 0.05) is 61.9 Å². The van der Waals surface area contributed by atoms with Gasteiger partial charge in [-0.1, -0.05) is 42.3 Å². The second-order valence-electron chi connectivity index (χ2n) is 19.3. The van der Waals surface area contributed by atoms with Crippen molar-refractivity contribution >= 4 is 23.2 Å². The van der Waals surface area contributed by atoms with E-state index in [9.17, 15) is 30.4 Å². The van der Waals surface area contributed by atoms with Gasteiger partial charge in [-0.15, -0.1) is 6.58 Å². The summed E-state index contributed by atoms with van der Waals surface area (Å²) in [4.78, 5) is 45.2. The number of nitrogens with zero attached hydrogens (tertiary/aromatic N) is 4. The number of hydrogen-bond acceptors (Lipinski definition) is 15. The zero-order chi connectivity index (χ0) is 52.6. The monoisotopic (exact) mass is 1020 g/mol. The number of ether oxygens (including phenoxy) is 6. The van der Waals surface area contributed by atoms with Crippen LogP contribution in [0.15, 0.2) is 133 Å². The number of allylic oxidation sites excluding steroid dienone is 1. The molecular weight excluding hydrogens is 965 g/mol. The predicted molar refractivity (Wildman–Crippen MR) is 276 cm³/mol. The largest absolute Gasteiger partial charge is 0.459 e. The number of amides is 1. The van der Waals surface area contributed by atoms with Gasteiger partial charge in [0.05, 0.1) is 28.1 Å². The summed E-state index contributed by atoms with van der Waals surface area (Å²) in [5.41, 5.74) is 5.32. The van der Waals surface area contributed by atoms with Crippen molar-refractivity contribution in [1.82, 2.24) is 4.90 Å². The maximum Gasteiger partial charge on any atom is 0.416 e. The number of carbonyl (C=O) groups is 1. The van der Waals surface area contributed by atoms with Crippen LogP contribution in [-0.2, 0) is 22.7 Å². The van der Waals surface area contributed by atoms with E-state index in [0.717, 1.165) is 28.7 Å². The van der Waals surface area contributed by atoms with Gasteiger partial charge in [0.2, 0.25) is 12.6 Å². The lowest BCUT2D eigenvalue weighted by Gasteiger charge is -2.59. The molecule has 0 spiro atoms. The summed E-state index contributed by atoms with van der Waals surface area (Å²) >= 11 is 0. The number of carbonyl (C=O) groups excluding carboxylic acids is 1. The third-order valence-corrected chi connectivity index (χ3v) is 14.6. The highest BCUT2D eigenvalue weighted by Crippen LogP contribution is 2.62. The Balaban J connectivity index is 1.24. The fourth-order valence-corrected chi connectivity index (χ4v) is 10.9. The van der Waals surface area contributed by atoms with Crippen LogP contribution in [-0.4, -0.2) is 75.2 Å². The first-order chi connectivity index (χ1) is 36.4. The van der Waals surface area contributed by atoms with Crippen LogP contribution in [0, 0.1) is 51.8 Å². The van der Waals surface area contributed by atoms with Gasteiger partial charge >= 0.3 is 6.09 Å². The van der Waals surface area contributed by atoms with E-state index < -0.39 is 39.6 Å². The smallest absolute Gasteiger partial charge is 0.416 e. The predicted octanol–water partition coefficient (Wildman–Crippen LogP) is 11.2. The molecule has 75 heavy (non-hydrogen) atoms. The average Bonchev–Trinajstić information content (AvgIpc) is 3.88. The van der Waals surface area contributed by atoms with Gasteiger partial charge in [-0.25, -0.2) is 4.79 Å². The molecule has 1 amide bonds. The van der Waals surface area contributed by atoms with E-state index in [0.29, 0.717) is 77.7 Å². The highest BCUT2D eigenvalue weighted by atomic mass is 16.7. The van der Waals surface area contributed by atoms with Crippen molar-refractivity contribution in [1.29, 1.82) is 0 Å². The molecule has 4 aliphatic rings. The van der Waals surface area contributed by atoms with Crippen molar-refractivity contribution in [2.24, 2.45) is 22.9 Å². The van der Waals surface area contributed by atoms with E-state index in [1.807, 2.05) is 56.3 Å². The normalized spacial score (nSPS) is 21.5. The van der Waals surface area contributed by atoms with E-state index in [1.165, 1.54) is 41.3 Å². The SMILES string of the molecule is C=CCO[C@@]12Oc3ccc(Oc4ccc(C)c(C)c4)cc3[C@H]3[C@H](CCCCO)[C@@H](CCCCO)C=C(C(=NOCc4ccc([N+](=O)[O-])cc4)C[C@@H]1N(Cc1ccc4c(c1)OCO4)C(=O)Oc1ccc([N+](=O)[O-])cc1)[C@H]32. The number of benzene rings is 5. The number of rotatable bonds is 22. The van der Waals surface area contributed by atoms with Gasteiger partial charge < -0.3 is 43.5 Å². The molecule has 2 aliphatic carbocycles. The summed E-state index contributed by atoms with van der Waals surface area (Å²) in [6.45, 7) is 8.03. The molecule has 0 aromatic heterocycles. The molecule has 5 aromatic rings. The third-order valence-electron chi connectivity index (χ3n) is 14.6. The molecule has 18 heteroatoms. The van der Waals surface area contributed by atoms with Crippen molar-refractivity contribution in [3.8, 4) is 34.5 Å². The summed E-state index contributed by atoms with van der Waals surface area (Å²) in [7, 11) is 0. The summed E-state index contributed by atoms with van der Waals surface area (Å²) in [6.07, 6.45) is 6.98.